The van der Waals surface area contributed by atoms with Gasteiger partial charge in [-0.15, -0.1) is 0 Å². The van der Waals surface area contributed by atoms with E-state index in [1.54, 1.807) is 0 Å². The molecule has 1 aliphatic carbocycles. The molecule has 0 aliphatic heterocycles. The Morgan fingerprint density at radius 1 is 1.20 bits per heavy atom. The van der Waals surface area contributed by atoms with Gasteiger partial charge in [0.1, 0.15) is 0 Å². The highest BCUT2D eigenvalue weighted by Gasteiger charge is 2.09. The van der Waals surface area contributed by atoms with Crippen molar-refractivity contribution < 1.29 is 0 Å². The monoisotopic (exact) mass is 195 g/mol. The summed E-state index contributed by atoms with van der Waals surface area (Å²) in [5.41, 5.74) is 4.39. The molecule has 0 fully saturated rings. The maximum absolute atomic E-state index is 9.04. The van der Waals surface area contributed by atoms with Gasteiger partial charge in [-0.2, -0.15) is 5.26 Å². The second kappa shape index (κ2) is 4.14. The maximum Gasteiger partial charge on any atom is 0.0953 e. The number of hydrogen-bond acceptors (Lipinski definition) is 1. The minimum absolute atomic E-state index is 0.871. The van der Waals surface area contributed by atoms with Crippen LogP contribution in [0.1, 0.15) is 24.0 Å². The first-order chi connectivity index (χ1) is 7.31. The summed E-state index contributed by atoms with van der Waals surface area (Å²) in [5.74, 6) is 0. The number of nitriles is 1. The molecule has 1 aromatic rings. The van der Waals surface area contributed by atoms with Crippen molar-refractivity contribution in [2.45, 2.75) is 19.8 Å². The minimum Gasteiger partial charge on any atom is -0.193 e. The number of allylic oxidation sites excluding steroid dienone is 4. The van der Waals surface area contributed by atoms with Gasteiger partial charge in [-0.1, -0.05) is 42.0 Å². The Bertz CT molecular complexity index is 455. The van der Waals surface area contributed by atoms with Crippen LogP contribution < -0.4 is 0 Å². The third kappa shape index (κ3) is 1.99. The van der Waals surface area contributed by atoms with Crippen molar-refractivity contribution in [3.05, 3.63) is 53.1 Å². The van der Waals surface area contributed by atoms with Crippen molar-refractivity contribution in [1.82, 2.24) is 0 Å². The van der Waals surface area contributed by atoms with Gasteiger partial charge in [0.15, 0.2) is 0 Å². The van der Waals surface area contributed by atoms with Crippen LogP contribution >= 0.6 is 0 Å². The number of nitrogens with zero attached hydrogens (tertiary/aromatic N) is 1. The lowest BCUT2D eigenvalue weighted by Gasteiger charge is -2.10. The normalized spacial score (nSPS) is 15.2. The summed E-state index contributed by atoms with van der Waals surface area (Å²) in [7, 11) is 0. The highest BCUT2D eigenvalue weighted by molar-refractivity contribution is 5.80. The lowest BCUT2D eigenvalue weighted by atomic mass is 9.93. The number of aryl methyl sites for hydroxylation is 1. The molecule has 0 unspecified atom stereocenters. The summed E-state index contributed by atoms with van der Waals surface area (Å²) in [6.45, 7) is 2.07. The van der Waals surface area contributed by atoms with Gasteiger partial charge in [-0.3, -0.25) is 0 Å². The molecule has 1 heteroatoms. The van der Waals surface area contributed by atoms with E-state index in [9.17, 15) is 0 Å². The molecule has 1 aromatic carbocycles. The molecule has 0 bridgehead atoms. The fourth-order valence-corrected chi connectivity index (χ4v) is 1.78. The van der Waals surface area contributed by atoms with Crippen LogP contribution in [-0.2, 0) is 0 Å². The maximum atomic E-state index is 9.04. The van der Waals surface area contributed by atoms with Crippen molar-refractivity contribution in [2.75, 3.05) is 0 Å². The molecule has 0 spiro atoms. The van der Waals surface area contributed by atoms with Crippen LogP contribution in [0, 0.1) is 18.3 Å². The molecule has 0 saturated carbocycles. The van der Waals surface area contributed by atoms with Crippen molar-refractivity contribution >= 4 is 5.57 Å². The molecule has 74 valence electrons. The first-order valence-electron chi connectivity index (χ1n) is 5.18. The Kier molecular flexibility index (Phi) is 2.69. The molecule has 0 aromatic heterocycles. The molecule has 0 atom stereocenters. The molecule has 0 N–H and O–H groups in total. The van der Waals surface area contributed by atoms with Crippen LogP contribution in [0.15, 0.2) is 42.0 Å². The summed E-state index contributed by atoms with van der Waals surface area (Å²) in [6.07, 6.45) is 6.05. The van der Waals surface area contributed by atoms with Crippen molar-refractivity contribution in [1.29, 1.82) is 5.26 Å². The van der Waals surface area contributed by atoms with Gasteiger partial charge < -0.3 is 0 Å². The molecule has 0 saturated heterocycles. The largest absolute Gasteiger partial charge is 0.193 e. The van der Waals surface area contributed by atoms with E-state index >= 15 is 0 Å². The third-order valence-electron chi connectivity index (χ3n) is 2.67. The smallest absolute Gasteiger partial charge is 0.0953 e. The predicted molar refractivity (Wildman–Crippen MR) is 62.1 cm³/mol. The first-order valence-corrected chi connectivity index (χ1v) is 5.18. The second-order valence-corrected chi connectivity index (χ2v) is 3.81. The Balaban J connectivity index is 2.46. The van der Waals surface area contributed by atoms with Gasteiger partial charge in [0.05, 0.1) is 6.07 Å². The van der Waals surface area contributed by atoms with Crippen LogP contribution in [0.4, 0.5) is 0 Å². The fourth-order valence-electron chi connectivity index (χ4n) is 1.78. The van der Waals surface area contributed by atoms with E-state index in [4.69, 9.17) is 5.26 Å². The van der Waals surface area contributed by atoms with Crippen molar-refractivity contribution in [3.8, 4) is 6.07 Å². The fraction of sp³-hybridized carbons (Fsp3) is 0.214. The van der Waals surface area contributed by atoms with Gasteiger partial charge in [0, 0.05) is 5.57 Å². The molecular weight excluding hydrogens is 182 g/mol. The lowest BCUT2D eigenvalue weighted by molar-refractivity contribution is 0.999. The Morgan fingerprint density at radius 3 is 2.60 bits per heavy atom. The highest BCUT2D eigenvalue weighted by Crippen LogP contribution is 2.27. The Labute approximate surface area is 90.4 Å². The highest BCUT2D eigenvalue weighted by atomic mass is 14.3. The van der Waals surface area contributed by atoms with Crippen LogP contribution in [-0.4, -0.2) is 0 Å². The van der Waals surface area contributed by atoms with Crippen LogP contribution in [0.3, 0.4) is 0 Å². The summed E-state index contributed by atoms with van der Waals surface area (Å²) >= 11 is 0. The van der Waals surface area contributed by atoms with E-state index in [2.05, 4.69) is 49.4 Å². The SMILES string of the molecule is Cc1ccc(C2=C(C#N)CCC=C2)cc1. The molecule has 1 aliphatic rings. The van der Waals surface area contributed by atoms with Gasteiger partial charge in [-0.05, 0) is 30.9 Å². The van der Waals surface area contributed by atoms with Gasteiger partial charge in [0.25, 0.3) is 0 Å². The number of rotatable bonds is 1. The quantitative estimate of drug-likeness (QED) is 0.671. The van der Waals surface area contributed by atoms with E-state index in [1.165, 1.54) is 5.56 Å². The zero-order valence-electron chi connectivity index (χ0n) is 8.83. The van der Waals surface area contributed by atoms with Crippen LogP contribution in [0.2, 0.25) is 0 Å². The van der Waals surface area contributed by atoms with Crippen LogP contribution in [0.25, 0.3) is 5.57 Å². The molecule has 0 radical (unpaired) electrons. The average Bonchev–Trinajstić information content (AvgIpc) is 2.30. The molecule has 15 heavy (non-hydrogen) atoms. The zero-order chi connectivity index (χ0) is 10.7. The van der Waals surface area contributed by atoms with E-state index in [-0.39, 0.29) is 0 Å². The first kappa shape index (κ1) is 9.73. The van der Waals surface area contributed by atoms with E-state index in [0.717, 1.165) is 29.6 Å². The topological polar surface area (TPSA) is 23.8 Å². The van der Waals surface area contributed by atoms with Crippen molar-refractivity contribution in [3.63, 3.8) is 0 Å². The third-order valence-corrected chi connectivity index (χ3v) is 2.67. The molecule has 0 heterocycles. The summed E-state index contributed by atoms with van der Waals surface area (Å²) < 4.78 is 0. The zero-order valence-corrected chi connectivity index (χ0v) is 8.83. The lowest BCUT2D eigenvalue weighted by Crippen LogP contribution is -1.92. The Morgan fingerprint density at radius 2 is 1.93 bits per heavy atom. The molecular formula is C14H13N. The van der Waals surface area contributed by atoms with Crippen LogP contribution in [0.5, 0.6) is 0 Å². The van der Waals surface area contributed by atoms with Gasteiger partial charge in [-0.25, -0.2) is 0 Å². The summed E-state index contributed by atoms with van der Waals surface area (Å²) in [6, 6.07) is 10.6. The van der Waals surface area contributed by atoms with Gasteiger partial charge >= 0.3 is 0 Å². The van der Waals surface area contributed by atoms with E-state index in [1.807, 2.05) is 0 Å². The van der Waals surface area contributed by atoms with E-state index < -0.39 is 0 Å². The molecule has 1 nitrogen and oxygen atoms in total. The second-order valence-electron chi connectivity index (χ2n) is 3.81. The molecule has 2 rings (SSSR count). The molecule has 0 amide bonds. The minimum atomic E-state index is 0.871. The average molecular weight is 195 g/mol. The van der Waals surface area contributed by atoms with Gasteiger partial charge in [0.2, 0.25) is 0 Å². The van der Waals surface area contributed by atoms with E-state index in [0.29, 0.717) is 0 Å². The standard InChI is InChI=1S/C14H13N/c1-11-6-8-12(9-7-11)14-5-3-2-4-13(14)10-15/h3,5-9H,2,4H2,1H3. The van der Waals surface area contributed by atoms with Crippen molar-refractivity contribution in [2.24, 2.45) is 0 Å². The number of hydrogen-bond donors (Lipinski definition) is 0. The number of benzene rings is 1. The summed E-state index contributed by atoms with van der Waals surface area (Å²) in [5, 5.41) is 9.04. The Hall–Kier alpha value is -1.81. The predicted octanol–water partition coefficient (Wildman–Crippen LogP) is 3.62. The summed E-state index contributed by atoms with van der Waals surface area (Å²) in [4.78, 5) is 0.